The van der Waals surface area contributed by atoms with Gasteiger partial charge in [0.25, 0.3) is 5.91 Å². The first kappa shape index (κ1) is 34.7. The van der Waals surface area contributed by atoms with E-state index in [4.69, 9.17) is 4.74 Å². The Kier molecular flexibility index (Phi) is 11.0. The second-order valence-corrected chi connectivity index (χ2v) is 14.8. The Morgan fingerprint density at radius 1 is 0.826 bits per heavy atom. The fraction of sp³-hybridized carbons (Fsp3) is 0.389. The first-order valence-electron chi connectivity index (χ1n) is 15.3. The molecule has 2 atom stereocenters. The van der Waals surface area contributed by atoms with Crippen molar-refractivity contribution in [3.63, 3.8) is 0 Å². The van der Waals surface area contributed by atoms with Gasteiger partial charge in [-0.15, -0.1) is 11.3 Å². The number of thiophene rings is 1. The predicted octanol–water partition coefficient (Wildman–Crippen LogP) is 5.75. The van der Waals surface area contributed by atoms with E-state index >= 15 is 0 Å². The summed E-state index contributed by atoms with van der Waals surface area (Å²) in [5.74, 6) is 0.492. The minimum absolute atomic E-state index is 0.0806. The van der Waals surface area contributed by atoms with Gasteiger partial charge in [0.05, 0.1) is 17.5 Å². The Balaban J connectivity index is 1.45. The van der Waals surface area contributed by atoms with Crippen molar-refractivity contribution in [1.29, 1.82) is 0 Å². The number of hydrogen-bond acceptors (Lipinski definition) is 8. The number of nitrogens with one attached hydrogen (secondary N) is 2. The number of ether oxygens (including phenoxy) is 1. The van der Waals surface area contributed by atoms with Crippen LogP contribution in [0.3, 0.4) is 0 Å². The van der Waals surface area contributed by atoms with Crippen molar-refractivity contribution in [1.82, 2.24) is 20.6 Å². The molecule has 4 aromatic rings. The highest BCUT2D eigenvalue weighted by Gasteiger charge is 2.26. The number of hydrogen-bond donors (Lipinski definition) is 4. The maximum Gasteiger partial charge on any atom is 0.262 e. The largest absolute Gasteiger partial charge is 0.493 e. The molecular formula is C36H44N4O5S. The van der Waals surface area contributed by atoms with Crippen LogP contribution in [0.4, 0.5) is 0 Å². The number of aromatic nitrogens is 2. The highest BCUT2D eigenvalue weighted by atomic mass is 32.1. The molecule has 0 unspecified atom stereocenters. The number of carbonyl (C=O) groups excluding carboxylic acids is 2. The zero-order valence-corrected chi connectivity index (χ0v) is 28.3. The topological polar surface area (TPSA) is 134 Å². The van der Waals surface area contributed by atoms with Gasteiger partial charge >= 0.3 is 0 Å². The van der Waals surface area contributed by atoms with E-state index in [0.717, 1.165) is 32.9 Å². The Bertz CT molecular complexity index is 1600. The van der Waals surface area contributed by atoms with E-state index in [-0.39, 0.29) is 23.2 Å². The number of nitrogens with zero attached hydrogens (tertiary/aromatic N) is 2. The molecule has 0 spiro atoms. The minimum atomic E-state index is -1.73. The number of benzene rings is 2. The average molecular weight is 645 g/mol. The van der Waals surface area contributed by atoms with E-state index < -0.39 is 24.3 Å². The van der Waals surface area contributed by atoms with Gasteiger partial charge in [-0.25, -0.2) is 9.97 Å². The fourth-order valence-corrected chi connectivity index (χ4v) is 5.36. The van der Waals surface area contributed by atoms with Gasteiger partial charge in [-0.1, -0.05) is 77.9 Å². The summed E-state index contributed by atoms with van der Waals surface area (Å²) in [6.45, 7) is 14.7. The summed E-state index contributed by atoms with van der Waals surface area (Å²) < 4.78 is 5.87. The molecular weight excluding hydrogens is 600 g/mol. The van der Waals surface area contributed by atoms with Gasteiger partial charge in [-0.3, -0.25) is 9.59 Å². The van der Waals surface area contributed by atoms with Crippen molar-refractivity contribution < 1.29 is 24.5 Å². The summed E-state index contributed by atoms with van der Waals surface area (Å²) in [6, 6.07) is 17.2. The normalized spacial score (nSPS) is 13.3. The van der Waals surface area contributed by atoms with Crippen molar-refractivity contribution in [3.8, 4) is 28.3 Å². The van der Waals surface area contributed by atoms with Gasteiger partial charge < -0.3 is 25.6 Å². The Morgan fingerprint density at radius 2 is 1.43 bits per heavy atom. The number of amides is 2. The van der Waals surface area contributed by atoms with Crippen molar-refractivity contribution in [2.75, 3.05) is 6.61 Å². The monoisotopic (exact) mass is 644 g/mol. The standard InChI is InChI=1S/C36H44N4O5S/c1-22(34(43)44)39-32(41)28(40-33(42)29-16-17-30(46-29)36(5,6)7)18-23-8-10-25(11-9-23)31-37-19-26(20-38-31)24-12-14-27(15-13-24)45-21-35(2,3)4/h8-17,19-20,22,28,34,43-44H,18,21H2,1-7H3,(H,39,41)(H,40,42)/t22-,28+/m1/s1. The predicted molar refractivity (Wildman–Crippen MR) is 182 cm³/mol. The van der Waals surface area contributed by atoms with Crippen LogP contribution in [0.1, 0.15) is 68.6 Å². The van der Waals surface area contributed by atoms with E-state index in [1.165, 1.54) is 18.3 Å². The Hall–Kier alpha value is -4.12. The molecule has 0 saturated carbocycles. The third kappa shape index (κ3) is 9.69. The van der Waals surface area contributed by atoms with Gasteiger partial charge in [-0.2, -0.15) is 0 Å². The molecule has 0 fully saturated rings. The molecule has 2 heterocycles. The molecule has 0 bridgehead atoms. The molecule has 0 aliphatic rings. The lowest BCUT2D eigenvalue weighted by atomic mass is 9.95. The zero-order valence-electron chi connectivity index (χ0n) is 27.5. The van der Waals surface area contributed by atoms with Crippen LogP contribution in [0.15, 0.2) is 73.1 Å². The van der Waals surface area contributed by atoms with Crippen LogP contribution in [0.2, 0.25) is 0 Å². The lowest BCUT2D eigenvalue weighted by Gasteiger charge is -2.22. The Morgan fingerprint density at radius 3 is 1.98 bits per heavy atom. The minimum Gasteiger partial charge on any atom is -0.493 e. The summed E-state index contributed by atoms with van der Waals surface area (Å²) in [5, 5.41) is 24.4. The van der Waals surface area contributed by atoms with Crippen LogP contribution in [-0.4, -0.2) is 57.0 Å². The molecule has 4 N–H and O–H groups in total. The zero-order chi connectivity index (χ0) is 33.6. The highest BCUT2D eigenvalue weighted by molar-refractivity contribution is 7.14. The third-order valence-electron chi connectivity index (χ3n) is 7.17. The molecule has 2 amide bonds. The van der Waals surface area contributed by atoms with Crippen LogP contribution in [0.5, 0.6) is 5.75 Å². The molecule has 2 aromatic carbocycles. The first-order chi connectivity index (χ1) is 21.6. The maximum absolute atomic E-state index is 13.2. The molecule has 0 radical (unpaired) electrons. The number of aliphatic hydroxyl groups is 2. The summed E-state index contributed by atoms with van der Waals surface area (Å²) in [7, 11) is 0. The summed E-state index contributed by atoms with van der Waals surface area (Å²) in [5.41, 5.74) is 3.44. The molecule has 2 aromatic heterocycles. The maximum atomic E-state index is 13.2. The van der Waals surface area contributed by atoms with Gasteiger partial charge in [0.2, 0.25) is 5.91 Å². The van der Waals surface area contributed by atoms with E-state index in [9.17, 15) is 19.8 Å². The van der Waals surface area contributed by atoms with E-state index in [1.54, 1.807) is 18.5 Å². The summed E-state index contributed by atoms with van der Waals surface area (Å²) in [4.78, 5) is 37.0. The quantitative estimate of drug-likeness (QED) is 0.153. The van der Waals surface area contributed by atoms with E-state index in [0.29, 0.717) is 17.3 Å². The molecule has 9 nitrogen and oxygen atoms in total. The molecule has 0 saturated heterocycles. The van der Waals surface area contributed by atoms with Crippen LogP contribution in [0, 0.1) is 5.41 Å². The lowest BCUT2D eigenvalue weighted by Crippen LogP contribution is -2.52. The van der Waals surface area contributed by atoms with Crippen LogP contribution >= 0.6 is 11.3 Å². The van der Waals surface area contributed by atoms with Crippen LogP contribution < -0.4 is 15.4 Å². The number of carbonyl (C=O) groups is 2. The van der Waals surface area contributed by atoms with Crippen molar-refractivity contribution >= 4 is 23.2 Å². The average Bonchev–Trinajstić information content (AvgIpc) is 3.52. The lowest BCUT2D eigenvalue weighted by molar-refractivity contribution is -0.128. The molecule has 244 valence electrons. The third-order valence-corrected chi connectivity index (χ3v) is 8.68. The highest BCUT2D eigenvalue weighted by Crippen LogP contribution is 2.30. The molecule has 4 rings (SSSR count). The fourth-order valence-electron chi connectivity index (χ4n) is 4.40. The molecule has 46 heavy (non-hydrogen) atoms. The smallest absolute Gasteiger partial charge is 0.262 e. The van der Waals surface area contributed by atoms with Crippen molar-refractivity contribution in [2.45, 2.75) is 78.7 Å². The molecule has 10 heteroatoms. The summed E-state index contributed by atoms with van der Waals surface area (Å²) >= 11 is 1.39. The van der Waals surface area contributed by atoms with Gasteiger partial charge in [0, 0.05) is 34.8 Å². The van der Waals surface area contributed by atoms with Crippen LogP contribution in [-0.2, 0) is 16.6 Å². The second-order valence-electron chi connectivity index (χ2n) is 13.7. The van der Waals surface area contributed by atoms with Gasteiger partial charge in [-0.05, 0) is 53.1 Å². The van der Waals surface area contributed by atoms with Gasteiger partial charge in [0.15, 0.2) is 12.1 Å². The van der Waals surface area contributed by atoms with Gasteiger partial charge in [0.1, 0.15) is 11.8 Å². The SMILES string of the molecule is C[C@@H](NC(=O)[C@H](Cc1ccc(-c2ncc(-c3ccc(OCC(C)(C)C)cc3)cn2)cc1)NC(=O)c1ccc(C(C)(C)C)s1)C(O)O. The Labute approximate surface area is 275 Å². The molecule has 0 aliphatic carbocycles. The van der Waals surface area contributed by atoms with E-state index in [2.05, 4.69) is 62.1 Å². The van der Waals surface area contributed by atoms with Crippen LogP contribution in [0.25, 0.3) is 22.5 Å². The number of aliphatic hydroxyl groups excluding tert-OH is 1. The summed E-state index contributed by atoms with van der Waals surface area (Å²) in [6.07, 6.45) is 2.02. The van der Waals surface area contributed by atoms with E-state index in [1.807, 2.05) is 54.6 Å². The second kappa shape index (κ2) is 14.5. The van der Waals surface area contributed by atoms with Crippen molar-refractivity contribution in [2.24, 2.45) is 5.41 Å². The number of rotatable bonds is 11. The van der Waals surface area contributed by atoms with Crippen molar-refractivity contribution in [3.05, 3.63) is 88.4 Å². The first-order valence-corrected chi connectivity index (χ1v) is 16.1. The molecule has 0 aliphatic heterocycles.